The van der Waals surface area contributed by atoms with Crippen molar-refractivity contribution in [2.75, 3.05) is 38.6 Å². The van der Waals surface area contributed by atoms with Gasteiger partial charge in [-0.2, -0.15) is 0 Å². The Labute approximate surface area is 181 Å². The average molecular weight is 439 g/mol. The van der Waals surface area contributed by atoms with Crippen molar-refractivity contribution in [1.29, 1.82) is 0 Å². The number of rotatable bonds is 13. The first-order valence-electron chi connectivity index (χ1n) is 11.0. The summed E-state index contributed by atoms with van der Waals surface area (Å²) in [6.45, 7) is 2.45. The van der Waals surface area contributed by atoms with Gasteiger partial charge in [-0.25, -0.2) is 15.0 Å². The Hall–Kier alpha value is -1.89. The second-order valence-corrected chi connectivity index (χ2v) is 8.00. The van der Waals surface area contributed by atoms with E-state index in [1.165, 1.54) is 12.7 Å². The summed E-state index contributed by atoms with van der Waals surface area (Å²) in [5.41, 5.74) is 6.70. The van der Waals surface area contributed by atoms with Crippen molar-refractivity contribution >= 4 is 17.0 Å². The number of aliphatic hydroxyl groups excluding tert-OH is 4. The number of hydrogen-bond donors (Lipinski definition) is 5. The highest BCUT2D eigenvalue weighted by Gasteiger charge is 2.44. The van der Waals surface area contributed by atoms with Crippen LogP contribution in [-0.2, 0) is 4.74 Å². The van der Waals surface area contributed by atoms with Crippen LogP contribution in [0.4, 0.5) is 5.82 Å². The molecule has 6 N–H and O–H groups in total. The number of nitrogens with two attached hydrogens (primary N) is 1. The summed E-state index contributed by atoms with van der Waals surface area (Å²) in [5, 5.41) is 39.3. The van der Waals surface area contributed by atoms with E-state index in [1.807, 2.05) is 0 Å². The van der Waals surface area contributed by atoms with Gasteiger partial charge in [0.2, 0.25) is 0 Å². The normalized spacial score (nSPS) is 23.9. The summed E-state index contributed by atoms with van der Waals surface area (Å²) < 4.78 is 7.64. The van der Waals surface area contributed by atoms with Gasteiger partial charge in [-0.05, 0) is 51.6 Å². The molecule has 4 atom stereocenters. The van der Waals surface area contributed by atoms with Crippen molar-refractivity contribution in [3.05, 3.63) is 12.7 Å². The van der Waals surface area contributed by atoms with Gasteiger partial charge in [0.05, 0.1) is 6.33 Å². The fraction of sp³-hybridized carbons (Fsp3) is 0.750. The number of fused-ring (bicyclic) bond motifs is 1. The highest BCUT2D eigenvalue weighted by atomic mass is 16.6. The molecule has 1 aliphatic heterocycles. The molecular formula is C20H34N6O5. The van der Waals surface area contributed by atoms with E-state index >= 15 is 0 Å². The SMILES string of the molecule is Nc1ncnc2c1ncn2[C@@H]1O[C@H](CN(CCCCCO)CCCCCO)[C@@H](O)[C@H]1O. The number of aliphatic hydroxyl groups is 4. The van der Waals surface area contributed by atoms with E-state index in [1.54, 1.807) is 4.57 Å². The molecule has 0 unspecified atom stereocenters. The Morgan fingerprint density at radius 2 is 1.61 bits per heavy atom. The summed E-state index contributed by atoms with van der Waals surface area (Å²) in [5.74, 6) is 0.241. The highest BCUT2D eigenvalue weighted by Crippen LogP contribution is 2.32. The second-order valence-electron chi connectivity index (χ2n) is 8.00. The first kappa shape index (κ1) is 23.8. The summed E-state index contributed by atoms with van der Waals surface area (Å²) >= 11 is 0. The molecule has 0 amide bonds. The van der Waals surface area contributed by atoms with Gasteiger partial charge in [-0.15, -0.1) is 0 Å². The van der Waals surface area contributed by atoms with E-state index in [4.69, 9.17) is 20.7 Å². The maximum atomic E-state index is 10.7. The molecule has 0 aromatic carbocycles. The summed E-state index contributed by atoms with van der Waals surface area (Å²) in [7, 11) is 0. The Morgan fingerprint density at radius 1 is 0.935 bits per heavy atom. The van der Waals surface area contributed by atoms with E-state index in [9.17, 15) is 10.2 Å². The molecule has 11 nitrogen and oxygen atoms in total. The Balaban J connectivity index is 1.66. The van der Waals surface area contributed by atoms with Crippen molar-refractivity contribution in [3.63, 3.8) is 0 Å². The molecule has 11 heteroatoms. The van der Waals surface area contributed by atoms with Crippen molar-refractivity contribution in [2.45, 2.75) is 63.1 Å². The smallest absolute Gasteiger partial charge is 0.167 e. The predicted octanol–water partition coefficient (Wildman–Crippen LogP) is -0.345. The molecule has 0 aliphatic carbocycles. The van der Waals surface area contributed by atoms with Crippen LogP contribution < -0.4 is 5.73 Å². The van der Waals surface area contributed by atoms with Gasteiger partial charge in [0.25, 0.3) is 0 Å². The van der Waals surface area contributed by atoms with Crippen LogP contribution >= 0.6 is 0 Å². The van der Waals surface area contributed by atoms with E-state index < -0.39 is 24.5 Å². The lowest BCUT2D eigenvalue weighted by molar-refractivity contribution is -0.0444. The average Bonchev–Trinajstić information content (AvgIpc) is 3.31. The van der Waals surface area contributed by atoms with Crippen LogP contribution in [0.1, 0.15) is 44.8 Å². The van der Waals surface area contributed by atoms with Crippen molar-refractivity contribution in [1.82, 2.24) is 24.4 Å². The molecule has 31 heavy (non-hydrogen) atoms. The molecule has 1 saturated heterocycles. The van der Waals surface area contributed by atoms with Crippen molar-refractivity contribution in [3.8, 4) is 0 Å². The first-order valence-corrected chi connectivity index (χ1v) is 11.0. The molecular weight excluding hydrogens is 404 g/mol. The number of nitrogen functional groups attached to an aromatic ring is 1. The summed E-state index contributed by atoms with van der Waals surface area (Å²) in [4.78, 5) is 14.5. The van der Waals surface area contributed by atoms with Crippen LogP contribution in [0.5, 0.6) is 0 Å². The van der Waals surface area contributed by atoms with E-state index in [-0.39, 0.29) is 19.0 Å². The molecule has 0 bridgehead atoms. The van der Waals surface area contributed by atoms with Crippen molar-refractivity contribution in [2.24, 2.45) is 0 Å². The zero-order chi connectivity index (χ0) is 22.2. The van der Waals surface area contributed by atoms with Crippen LogP contribution in [0, 0.1) is 0 Å². The second kappa shape index (κ2) is 11.7. The largest absolute Gasteiger partial charge is 0.396 e. The number of unbranched alkanes of at least 4 members (excludes halogenated alkanes) is 4. The van der Waals surface area contributed by atoms with Crippen LogP contribution in [0.3, 0.4) is 0 Å². The molecule has 1 fully saturated rings. The highest BCUT2D eigenvalue weighted by molar-refractivity contribution is 5.81. The number of imidazole rings is 1. The van der Waals surface area contributed by atoms with Gasteiger partial charge in [0.1, 0.15) is 30.2 Å². The summed E-state index contributed by atoms with van der Waals surface area (Å²) in [6, 6.07) is 0. The topological polar surface area (TPSA) is 163 Å². The molecule has 2 aromatic heterocycles. The third-order valence-corrected chi connectivity index (χ3v) is 5.70. The maximum absolute atomic E-state index is 10.7. The summed E-state index contributed by atoms with van der Waals surface area (Å²) in [6.07, 6.45) is 4.44. The van der Waals surface area contributed by atoms with Gasteiger partial charge < -0.3 is 35.8 Å². The number of hydrogen-bond acceptors (Lipinski definition) is 10. The number of anilines is 1. The molecule has 174 valence electrons. The Kier molecular flexibility index (Phi) is 8.93. The van der Waals surface area contributed by atoms with Gasteiger partial charge in [-0.3, -0.25) is 4.57 Å². The number of ether oxygens (including phenoxy) is 1. The molecule has 2 aromatic rings. The van der Waals surface area contributed by atoms with Crippen LogP contribution in [0.15, 0.2) is 12.7 Å². The molecule has 0 spiro atoms. The number of nitrogens with zero attached hydrogens (tertiary/aromatic N) is 5. The monoisotopic (exact) mass is 438 g/mol. The minimum Gasteiger partial charge on any atom is -0.396 e. The van der Waals surface area contributed by atoms with E-state index in [0.717, 1.165) is 51.6 Å². The fourth-order valence-corrected chi connectivity index (χ4v) is 3.96. The lowest BCUT2D eigenvalue weighted by Gasteiger charge is -2.26. The first-order chi connectivity index (χ1) is 15.1. The Morgan fingerprint density at radius 3 is 2.26 bits per heavy atom. The Bertz CT molecular complexity index is 793. The van der Waals surface area contributed by atoms with Crippen LogP contribution in [-0.4, -0.2) is 96.0 Å². The van der Waals surface area contributed by atoms with Gasteiger partial charge >= 0.3 is 0 Å². The lowest BCUT2D eigenvalue weighted by atomic mass is 10.1. The lowest BCUT2D eigenvalue weighted by Crippen LogP contribution is -2.40. The zero-order valence-electron chi connectivity index (χ0n) is 17.8. The van der Waals surface area contributed by atoms with Crippen molar-refractivity contribution < 1.29 is 25.2 Å². The third-order valence-electron chi connectivity index (χ3n) is 5.70. The minimum absolute atomic E-state index is 0.182. The third kappa shape index (κ3) is 5.88. The fourth-order valence-electron chi connectivity index (χ4n) is 3.96. The standard InChI is InChI=1S/C20H34N6O5/c21-18-15-19(23-12-22-18)26(13-24-15)20-17(30)16(29)14(31-20)11-25(7-3-1-5-9-27)8-4-2-6-10-28/h12-14,16-17,20,27-30H,1-11H2,(H2,21,22,23)/t14-,16-,17-,20-/m1/s1. The minimum atomic E-state index is -1.13. The maximum Gasteiger partial charge on any atom is 0.167 e. The quantitative estimate of drug-likeness (QED) is 0.261. The van der Waals surface area contributed by atoms with Gasteiger partial charge in [0, 0.05) is 19.8 Å². The van der Waals surface area contributed by atoms with Crippen LogP contribution in [0.2, 0.25) is 0 Å². The molecule has 3 heterocycles. The van der Waals surface area contributed by atoms with E-state index in [2.05, 4.69) is 19.9 Å². The van der Waals surface area contributed by atoms with Gasteiger partial charge in [-0.1, -0.05) is 0 Å². The molecule has 0 radical (unpaired) electrons. The molecule has 0 saturated carbocycles. The molecule has 1 aliphatic rings. The van der Waals surface area contributed by atoms with Crippen LogP contribution in [0.25, 0.3) is 11.2 Å². The van der Waals surface area contributed by atoms with Gasteiger partial charge in [0.15, 0.2) is 17.7 Å². The number of aromatic nitrogens is 4. The zero-order valence-corrected chi connectivity index (χ0v) is 17.8. The van der Waals surface area contributed by atoms with E-state index in [0.29, 0.717) is 17.7 Å². The predicted molar refractivity (Wildman–Crippen MR) is 114 cm³/mol. The molecule has 3 rings (SSSR count).